The van der Waals surface area contributed by atoms with E-state index < -0.39 is 0 Å². The van der Waals surface area contributed by atoms with E-state index in [1.54, 1.807) is 7.11 Å². The Bertz CT molecular complexity index is 544. The molecule has 0 aliphatic rings. The minimum atomic E-state index is 0.788. The molecular formula is C16H19NO. The second kappa shape index (κ2) is 5.13. The van der Waals surface area contributed by atoms with Crippen LogP contribution in [0.25, 0.3) is 0 Å². The van der Waals surface area contributed by atoms with Gasteiger partial charge in [-0.2, -0.15) is 0 Å². The van der Waals surface area contributed by atoms with Crippen LogP contribution in [-0.4, -0.2) is 7.11 Å². The van der Waals surface area contributed by atoms with Crippen LogP contribution in [0.1, 0.15) is 22.3 Å². The van der Waals surface area contributed by atoms with E-state index in [-0.39, 0.29) is 0 Å². The van der Waals surface area contributed by atoms with Gasteiger partial charge in [-0.05, 0) is 43.0 Å². The normalized spacial score (nSPS) is 10.4. The second-order valence-electron chi connectivity index (χ2n) is 4.66. The number of hydrogen-bond donors (Lipinski definition) is 1. The minimum absolute atomic E-state index is 0.788. The highest BCUT2D eigenvalue weighted by Crippen LogP contribution is 2.25. The fourth-order valence-corrected chi connectivity index (χ4v) is 2.00. The molecular weight excluding hydrogens is 222 g/mol. The molecule has 2 rings (SSSR count). The van der Waals surface area contributed by atoms with Crippen LogP contribution in [-0.2, 0) is 6.42 Å². The van der Waals surface area contributed by atoms with E-state index in [2.05, 4.69) is 44.2 Å². The third kappa shape index (κ3) is 2.65. The average Bonchev–Trinajstić information content (AvgIpc) is 2.37. The Kier molecular flexibility index (Phi) is 3.56. The first-order valence-electron chi connectivity index (χ1n) is 6.08. The van der Waals surface area contributed by atoms with Crippen molar-refractivity contribution in [3.05, 3.63) is 58.7 Å². The molecule has 0 fully saturated rings. The molecule has 0 unspecified atom stereocenters. The van der Waals surface area contributed by atoms with E-state index in [9.17, 15) is 0 Å². The molecule has 18 heavy (non-hydrogen) atoms. The van der Waals surface area contributed by atoms with Crippen molar-refractivity contribution in [3.8, 4) is 5.75 Å². The number of benzene rings is 2. The van der Waals surface area contributed by atoms with Gasteiger partial charge in [-0.25, -0.2) is 0 Å². The molecule has 2 nitrogen and oxygen atoms in total. The predicted octanol–water partition coefficient (Wildman–Crippen LogP) is 3.49. The lowest BCUT2D eigenvalue weighted by molar-refractivity contribution is 0.414. The summed E-state index contributed by atoms with van der Waals surface area (Å²) in [6, 6.07) is 12.5. The number of hydrogen-bond acceptors (Lipinski definition) is 2. The standard InChI is InChI=1S/C16H19NO/c1-11-4-6-13(7-5-11)8-14-9-15(18-3)10-16(17)12(14)2/h4-7,9-10H,8,17H2,1-3H3. The maximum Gasteiger partial charge on any atom is 0.121 e. The van der Waals surface area contributed by atoms with Gasteiger partial charge in [-0.1, -0.05) is 29.8 Å². The summed E-state index contributed by atoms with van der Waals surface area (Å²) in [5.74, 6) is 0.820. The molecule has 0 amide bonds. The summed E-state index contributed by atoms with van der Waals surface area (Å²) in [6.07, 6.45) is 0.882. The number of anilines is 1. The summed E-state index contributed by atoms with van der Waals surface area (Å²) in [5.41, 5.74) is 11.7. The van der Waals surface area contributed by atoms with Crippen molar-refractivity contribution in [2.45, 2.75) is 20.3 Å². The van der Waals surface area contributed by atoms with Gasteiger partial charge in [0.05, 0.1) is 7.11 Å². The van der Waals surface area contributed by atoms with Crippen molar-refractivity contribution >= 4 is 5.69 Å². The van der Waals surface area contributed by atoms with E-state index in [0.717, 1.165) is 23.4 Å². The molecule has 2 heteroatoms. The zero-order chi connectivity index (χ0) is 13.1. The highest BCUT2D eigenvalue weighted by atomic mass is 16.5. The topological polar surface area (TPSA) is 35.2 Å². The van der Waals surface area contributed by atoms with Crippen LogP contribution in [0.15, 0.2) is 36.4 Å². The van der Waals surface area contributed by atoms with Gasteiger partial charge in [-0.3, -0.25) is 0 Å². The summed E-state index contributed by atoms with van der Waals surface area (Å²) in [7, 11) is 1.67. The quantitative estimate of drug-likeness (QED) is 0.835. The van der Waals surface area contributed by atoms with Crippen molar-refractivity contribution < 1.29 is 4.74 Å². The lowest BCUT2D eigenvalue weighted by Gasteiger charge is -2.11. The maximum absolute atomic E-state index is 5.99. The SMILES string of the molecule is COc1cc(N)c(C)c(Cc2ccc(C)cc2)c1. The second-order valence-corrected chi connectivity index (χ2v) is 4.66. The zero-order valence-corrected chi connectivity index (χ0v) is 11.2. The minimum Gasteiger partial charge on any atom is -0.497 e. The molecule has 94 valence electrons. The van der Waals surface area contributed by atoms with E-state index in [0.29, 0.717) is 0 Å². The number of aryl methyl sites for hydroxylation is 1. The predicted molar refractivity (Wildman–Crippen MR) is 76.1 cm³/mol. The number of nitrogens with two attached hydrogens (primary N) is 1. The van der Waals surface area contributed by atoms with Gasteiger partial charge in [0.2, 0.25) is 0 Å². The van der Waals surface area contributed by atoms with E-state index in [1.807, 2.05) is 6.07 Å². The van der Waals surface area contributed by atoms with Gasteiger partial charge < -0.3 is 10.5 Å². The summed E-state index contributed by atoms with van der Waals surface area (Å²) in [6.45, 7) is 4.15. The fourth-order valence-electron chi connectivity index (χ4n) is 2.00. The van der Waals surface area contributed by atoms with Gasteiger partial charge in [0, 0.05) is 11.8 Å². The van der Waals surface area contributed by atoms with E-state index in [4.69, 9.17) is 10.5 Å². The van der Waals surface area contributed by atoms with Crippen LogP contribution in [0.2, 0.25) is 0 Å². The van der Waals surface area contributed by atoms with Crippen LogP contribution >= 0.6 is 0 Å². The lowest BCUT2D eigenvalue weighted by Crippen LogP contribution is -1.99. The Balaban J connectivity index is 2.33. The molecule has 0 aliphatic heterocycles. The molecule has 2 aromatic rings. The molecule has 2 N–H and O–H groups in total. The first-order chi connectivity index (χ1) is 8.60. The largest absolute Gasteiger partial charge is 0.497 e. The number of methoxy groups -OCH3 is 1. The van der Waals surface area contributed by atoms with Gasteiger partial charge >= 0.3 is 0 Å². The summed E-state index contributed by atoms with van der Waals surface area (Å²) >= 11 is 0. The van der Waals surface area contributed by atoms with E-state index in [1.165, 1.54) is 16.7 Å². The summed E-state index contributed by atoms with van der Waals surface area (Å²) in [4.78, 5) is 0. The van der Waals surface area contributed by atoms with Gasteiger partial charge in [-0.15, -0.1) is 0 Å². The van der Waals surface area contributed by atoms with Crippen molar-refractivity contribution in [1.29, 1.82) is 0 Å². The van der Waals surface area contributed by atoms with Crippen molar-refractivity contribution in [3.63, 3.8) is 0 Å². The molecule has 0 aromatic heterocycles. The number of nitrogen functional groups attached to an aromatic ring is 1. The zero-order valence-electron chi connectivity index (χ0n) is 11.2. The number of ether oxygens (including phenoxy) is 1. The molecule has 0 bridgehead atoms. The van der Waals surface area contributed by atoms with Crippen molar-refractivity contribution in [1.82, 2.24) is 0 Å². The molecule has 0 heterocycles. The van der Waals surface area contributed by atoms with Crippen LogP contribution in [0.3, 0.4) is 0 Å². The Labute approximate surface area is 108 Å². The average molecular weight is 241 g/mol. The third-order valence-corrected chi connectivity index (χ3v) is 3.28. The number of rotatable bonds is 3. The Hall–Kier alpha value is -1.96. The summed E-state index contributed by atoms with van der Waals surface area (Å²) in [5, 5.41) is 0. The fraction of sp³-hybridized carbons (Fsp3) is 0.250. The molecule has 0 saturated heterocycles. The maximum atomic E-state index is 5.99. The highest BCUT2D eigenvalue weighted by Gasteiger charge is 2.06. The summed E-state index contributed by atoms with van der Waals surface area (Å²) < 4.78 is 5.27. The lowest BCUT2D eigenvalue weighted by atomic mass is 9.98. The van der Waals surface area contributed by atoms with Crippen LogP contribution in [0, 0.1) is 13.8 Å². The highest BCUT2D eigenvalue weighted by molar-refractivity contribution is 5.55. The van der Waals surface area contributed by atoms with Crippen LogP contribution < -0.4 is 10.5 Å². The molecule has 0 atom stereocenters. The Morgan fingerprint density at radius 1 is 1.06 bits per heavy atom. The van der Waals surface area contributed by atoms with Crippen LogP contribution in [0.4, 0.5) is 5.69 Å². The van der Waals surface area contributed by atoms with Gasteiger partial charge in [0.1, 0.15) is 5.75 Å². The molecule has 0 radical (unpaired) electrons. The molecule has 2 aromatic carbocycles. The molecule has 0 saturated carbocycles. The van der Waals surface area contributed by atoms with Crippen molar-refractivity contribution in [2.75, 3.05) is 12.8 Å². The Morgan fingerprint density at radius 3 is 2.33 bits per heavy atom. The first-order valence-corrected chi connectivity index (χ1v) is 6.08. The van der Waals surface area contributed by atoms with E-state index >= 15 is 0 Å². The van der Waals surface area contributed by atoms with Crippen molar-refractivity contribution in [2.24, 2.45) is 0 Å². The van der Waals surface area contributed by atoms with Gasteiger partial charge in [0.25, 0.3) is 0 Å². The Morgan fingerprint density at radius 2 is 1.72 bits per heavy atom. The molecule has 0 aliphatic carbocycles. The third-order valence-electron chi connectivity index (χ3n) is 3.28. The first kappa shape index (κ1) is 12.5. The van der Waals surface area contributed by atoms with Gasteiger partial charge in [0.15, 0.2) is 0 Å². The monoisotopic (exact) mass is 241 g/mol. The van der Waals surface area contributed by atoms with Crippen LogP contribution in [0.5, 0.6) is 5.75 Å². The smallest absolute Gasteiger partial charge is 0.121 e. The molecule has 0 spiro atoms.